The lowest BCUT2D eigenvalue weighted by Crippen LogP contribution is -2.33. The highest BCUT2D eigenvalue weighted by Crippen LogP contribution is 2.10. The molecular formula is C15H21N3O4. The molecule has 0 radical (unpaired) electrons. The minimum atomic E-state index is -0.328. The van der Waals surface area contributed by atoms with Gasteiger partial charge in [0.1, 0.15) is 11.4 Å². The van der Waals surface area contributed by atoms with Gasteiger partial charge in [0.05, 0.1) is 12.7 Å². The molecule has 1 saturated heterocycles. The van der Waals surface area contributed by atoms with Gasteiger partial charge in [0.2, 0.25) is 0 Å². The van der Waals surface area contributed by atoms with E-state index in [-0.39, 0.29) is 29.3 Å². The van der Waals surface area contributed by atoms with Crippen LogP contribution in [0.5, 0.6) is 0 Å². The van der Waals surface area contributed by atoms with Crippen LogP contribution < -0.4 is 10.6 Å². The summed E-state index contributed by atoms with van der Waals surface area (Å²) >= 11 is 0. The number of nitrogens with one attached hydrogen (secondary N) is 2. The molecule has 120 valence electrons. The molecule has 7 heteroatoms. The number of rotatable bonds is 7. The predicted octanol–water partition coefficient (Wildman–Crippen LogP) is 0.367. The van der Waals surface area contributed by atoms with E-state index in [0.29, 0.717) is 19.7 Å². The van der Waals surface area contributed by atoms with Crippen molar-refractivity contribution in [3.05, 3.63) is 29.6 Å². The van der Waals surface area contributed by atoms with Gasteiger partial charge in [-0.15, -0.1) is 0 Å². The molecule has 1 fully saturated rings. The van der Waals surface area contributed by atoms with Crippen LogP contribution in [0.15, 0.2) is 18.2 Å². The number of ether oxygens (including phenoxy) is 2. The van der Waals surface area contributed by atoms with Crippen molar-refractivity contribution >= 4 is 11.8 Å². The highest BCUT2D eigenvalue weighted by molar-refractivity contribution is 5.96. The van der Waals surface area contributed by atoms with Crippen molar-refractivity contribution in [2.45, 2.75) is 18.9 Å². The summed E-state index contributed by atoms with van der Waals surface area (Å²) in [7, 11) is 1.56. The summed E-state index contributed by atoms with van der Waals surface area (Å²) in [5.41, 5.74) is 0.429. The second-order valence-electron chi connectivity index (χ2n) is 5.00. The Hall–Kier alpha value is -1.99. The Balaban J connectivity index is 1.89. The monoisotopic (exact) mass is 307 g/mol. The van der Waals surface area contributed by atoms with Gasteiger partial charge in [0, 0.05) is 26.8 Å². The maximum atomic E-state index is 12.1. The Morgan fingerprint density at radius 3 is 2.68 bits per heavy atom. The molecule has 1 unspecified atom stereocenters. The van der Waals surface area contributed by atoms with E-state index in [4.69, 9.17) is 9.47 Å². The third-order valence-electron chi connectivity index (χ3n) is 3.32. The average Bonchev–Trinajstić information content (AvgIpc) is 3.06. The summed E-state index contributed by atoms with van der Waals surface area (Å²) < 4.78 is 10.3. The molecule has 2 heterocycles. The van der Waals surface area contributed by atoms with Crippen LogP contribution in [0.25, 0.3) is 0 Å². The lowest BCUT2D eigenvalue weighted by atomic mass is 10.2. The van der Waals surface area contributed by atoms with Crippen molar-refractivity contribution in [3.63, 3.8) is 0 Å². The number of pyridine rings is 1. The summed E-state index contributed by atoms with van der Waals surface area (Å²) in [5, 5.41) is 5.45. The quantitative estimate of drug-likeness (QED) is 0.710. The third kappa shape index (κ3) is 4.78. The first-order chi connectivity index (χ1) is 10.7. The number of hydrogen-bond donors (Lipinski definition) is 2. The van der Waals surface area contributed by atoms with Gasteiger partial charge < -0.3 is 20.1 Å². The molecule has 22 heavy (non-hydrogen) atoms. The minimum Gasteiger partial charge on any atom is -0.383 e. The molecule has 1 aliphatic heterocycles. The number of nitrogens with zero attached hydrogens (tertiary/aromatic N) is 1. The minimum absolute atomic E-state index is 0.0736. The normalized spacial score (nSPS) is 17.2. The molecule has 1 aromatic heterocycles. The molecule has 1 aromatic rings. The van der Waals surface area contributed by atoms with Crippen LogP contribution in [0.4, 0.5) is 0 Å². The van der Waals surface area contributed by atoms with Gasteiger partial charge in [-0.05, 0) is 25.0 Å². The lowest BCUT2D eigenvalue weighted by Gasteiger charge is -2.11. The number of aromatic nitrogens is 1. The molecule has 1 aliphatic rings. The van der Waals surface area contributed by atoms with E-state index in [1.54, 1.807) is 25.3 Å². The van der Waals surface area contributed by atoms with E-state index in [1.165, 1.54) is 0 Å². The maximum absolute atomic E-state index is 12.1. The van der Waals surface area contributed by atoms with Crippen molar-refractivity contribution in [2.24, 2.45) is 0 Å². The number of hydrogen-bond acceptors (Lipinski definition) is 5. The van der Waals surface area contributed by atoms with E-state index in [1.807, 2.05) is 0 Å². The molecule has 0 bridgehead atoms. The predicted molar refractivity (Wildman–Crippen MR) is 79.8 cm³/mol. The Morgan fingerprint density at radius 1 is 1.32 bits per heavy atom. The average molecular weight is 307 g/mol. The zero-order chi connectivity index (χ0) is 15.8. The van der Waals surface area contributed by atoms with Crippen molar-refractivity contribution in [2.75, 3.05) is 33.4 Å². The fourth-order valence-electron chi connectivity index (χ4n) is 2.15. The molecule has 0 aliphatic carbocycles. The zero-order valence-electron chi connectivity index (χ0n) is 12.6. The van der Waals surface area contributed by atoms with Gasteiger partial charge in [-0.25, -0.2) is 4.98 Å². The molecule has 0 spiro atoms. The van der Waals surface area contributed by atoms with Crippen LogP contribution in [0.2, 0.25) is 0 Å². The molecule has 1 atom stereocenters. The summed E-state index contributed by atoms with van der Waals surface area (Å²) in [5.74, 6) is -0.632. The molecule has 2 N–H and O–H groups in total. The van der Waals surface area contributed by atoms with Crippen molar-refractivity contribution in [3.8, 4) is 0 Å². The topological polar surface area (TPSA) is 89.5 Å². The first-order valence-electron chi connectivity index (χ1n) is 7.34. The Labute approximate surface area is 129 Å². The standard InChI is InChI=1S/C15H21N3O4/c1-21-9-7-16-14(19)12-5-2-6-13(18-12)15(20)17-10-11-4-3-8-22-11/h2,5-6,11H,3-4,7-10H2,1H3,(H,16,19)(H,17,20). The van der Waals surface area contributed by atoms with Gasteiger partial charge in [0.25, 0.3) is 11.8 Å². The van der Waals surface area contributed by atoms with Gasteiger partial charge in [-0.1, -0.05) is 6.07 Å². The van der Waals surface area contributed by atoms with Crippen molar-refractivity contribution in [1.29, 1.82) is 0 Å². The summed E-state index contributed by atoms with van der Waals surface area (Å²) in [4.78, 5) is 28.0. The molecule has 2 amide bonds. The Kier molecular flexibility index (Phi) is 6.29. The van der Waals surface area contributed by atoms with Crippen LogP contribution in [0.1, 0.15) is 33.8 Å². The van der Waals surface area contributed by atoms with Gasteiger partial charge in [0.15, 0.2) is 0 Å². The van der Waals surface area contributed by atoms with E-state index >= 15 is 0 Å². The third-order valence-corrected chi connectivity index (χ3v) is 3.32. The van der Waals surface area contributed by atoms with Crippen molar-refractivity contribution < 1.29 is 19.1 Å². The fourth-order valence-corrected chi connectivity index (χ4v) is 2.15. The lowest BCUT2D eigenvalue weighted by molar-refractivity contribution is 0.0853. The fraction of sp³-hybridized carbons (Fsp3) is 0.533. The number of carbonyl (C=O) groups is 2. The van der Waals surface area contributed by atoms with Crippen LogP contribution in [0.3, 0.4) is 0 Å². The molecule has 0 aromatic carbocycles. The highest BCUT2D eigenvalue weighted by Gasteiger charge is 2.17. The highest BCUT2D eigenvalue weighted by atomic mass is 16.5. The number of carbonyl (C=O) groups excluding carboxylic acids is 2. The van der Waals surface area contributed by atoms with Crippen LogP contribution >= 0.6 is 0 Å². The Morgan fingerprint density at radius 2 is 2.05 bits per heavy atom. The number of methoxy groups -OCH3 is 1. The van der Waals surface area contributed by atoms with Crippen LogP contribution in [-0.4, -0.2) is 56.3 Å². The van der Waals surface area contributed by atoms with Gasteiger partial charge in [-0.3, -0.25) is 9.59 Å². The second kappa shape index (κ2) is 8.45. The molecule has 7 nitrogen and oxygen atoms in total. The number of amides is 2. The van der Waals surface area contributed by atoms with Crippen LogP contribution in [-0.2, 0) is 9.47 Å². The summed E-state index contributed by atoms with van der Waals surface area (Å²) in [6, 6.07) is 4.79. The smallest absolute Gasteiger partial charge is 0.269 e. The van der Waals surface area contributed by atoms with Gasteiger partial charge >= 0.3 is 0 Å². The van der Waals surface area contributed by atoms with E-state index in [0.717, 1.165) is 19.4 Å². The molecular weight excluding hydrogens is 286 g/mol. The summed E-state index contributed by atoms with van der Waals surface area (Å²) in [6.45, 7) is 2.03. The molecule has 0 saturated carbocycles. The first kappa shape index (κ1) is 16.4. The first-order valence-corrected chi connectivity index (χ1v) is 7.34. The Bertz CT molecular complexity index is 515. The van der Waals surface area contributed by atoms with Crippen LogP contribution in [0, 0.1) is 0 Å². The zero-order valence-corrected chi connectivity index (χ0v) is 12.6. The second-order valence-corrected chi connectivity index (χ2v) is 5.00. The molecule has 2 rings (SSSR count). The summed E-state index contributed by atoms with van der Waals surface area (Å²) in [6.07, 6.45) is 2.05. The van der Waals surface area contributed by atoms with Crippen molar-refractivity contribution in [1.82, 2.24) is 15.6 Å². The maximum Gasteiger partial charge on any atom is 0.269 e. The van der Waals surface area contributed by atoms with E-state index in [2.05, 4.69) is 15.6 Å². The van der Waals surface area contributed by atoms with Gasteiger partial charge in [-0.2, -0.15) is 0 Å². The largest absolute Gasteiger partial charge is 0.383 e. The van der Waals surface area contributed by atoms with E-state index < -0.39 is 0 Å². The van der Waals surface area contributed by atoms with E-state index in [9.17, 15) is 9.59 Å². The SMILES string of the molecule is COCCNC(=O)c1cccc(C(=O)NCC2CCCO2)n1.